The first kappa shape index (κ1) is 19.1. The minimum atomic E-state index is -3.26. The van der Waals surface area contributed by atoms with Crippen LogP contribution in [-0.2, 0) is 9.09 Å². The minimum Gasteiger partial charge on any atom is -0.310 e. The maximum absolute atomic E-state index is 14.0. The number of benzene rings is 1. The van der Waals surface area contributed by atoms with Gasteiger partial charge < -0.3 is 9.61 Å². The quantitative estimate of drug-likeness (QED) is 0.681. The van der Waals surface area contributed by atoms with E-state index in [1.165, 1.54) is 6.42 Å². The predicted molar refractivity (Wildman–Crippen MR) is 108 cm³/mol. The lowest BCUT2D eigenvalue weighted by Gasteiger charge is -2.39. The van der Waals surface area contributed by atoms with Gasteiger partial charge in [-0.3, -0.25) is 9.55 Å². The van der Waals surface area contributed by atoms with Crippen LogP contribution >= 0.6 is 7.52 Å². The van der Waals surface area contributed by atoms with Crippen molar-refractivity contribution in [1.82, 2.24) is 4.98 Å². The number of pyridine rings is 1. The Morgan fingerprint density at radius 3 is 2.58 bits per heavy atom. The average molecular weight is 372 g/mol. The molecule has 0 amide bonds. The van der Waals surface area contributed by atoms with Crippen LogP contribution in [-0.4, -0.2) is 11.1 Å². The first-order valence-corrected chi connectivity index (χ1v) is 11.1. The Kier molecular flexibility index (Phi) is 6.16. The third-order valence-corrected chi connectivity index (χ3v) is 7.38. The Balaban J connectivity index is 1.91. The van der Waals surface area contributed by atoms with Crippen LogP contribution in [0.5, 0.6) is 0 Å². The summed E-state index contributed by atoms with van der Waals surface area (Å²) in [5.74, 6) is 1.53. The lowest BCUT2D eigenvalue weighted by molar-refractivity contribution is 0.0506. The van der Waals surface area contributed by atoms with Crippen LogP contribution in [0.15, 0.2) is 54.9 Å². The maximum atomic E-state index is 14.0. The van der Waals surface area contributed by atoms with Crippen molar-refractivity contribution in [3.63, 3.8) is 0 Å². The number of hydrogen-bond acceptors (Lipinski definition) is 3. The molecule has 0 unspecified atom stereocenters. The van der Waals surface area contributed by atoms with Gasteiger partial charge >= 0.3 is 7.52 Å². The summed E-state index contributed by atoms with van der Waals surface area (Å²) in [7, 11) is -3.26. The summed E-state index contributed by atoms with van der Waals surface area (Å²) in [4.78, 5) is 4.13. The highest BCUT2D eigenvalue weighted by atomic mass is 31.2. The molecule has 1 aliphatic rings. The van der Waals surface area contributed by atoms with Crippen molar-refractivity contribution in [3.05, 3.63) is 54.9 Å². The molecule has 1 heterocycles. The summed E-state index contributed by atoms with van der Waals surface area (Å²) in [5.41, 5.74) is 0.713. The van der Waals surface area contributed by atoms with Crippen molar-refractivity contribution in [2.45, 2.75) is 46.1 Å². The van der Waals surface area contributed by atoms with Crippen molar-refractivity contribution >= 4 is 18.5 Å². The third kappa shape index (κ3) is 4.55. The number of aromatic nitrogens is 1. The molecule has 0 radical (unpaired) electrons. The Hall–Kier alpha value is -1.64. The van der Waals surface area contributed by atoms with Gasteiger partial charge in [0, 0.05) is 6.20 Å². The van der Waals surface area contributed by atoms with Gasteiger partial charge in [0.25, 0.3) is 0 Å². The van der Waals surface area contributed by atoms with Crippen LogP contribution in [0.4, 0.5) is 5.69 Å². The summed E-state index contributed by atoms with van der Waals surface area (Å²) in [6.07, 6.45) is 6.68. The second-order valence-corrected chi connectivity index (χ2v) is 9.76. The molecule has 2 aromatic rings. The van der Waals surface area contributed by atoms with Gasteiger partial charge in [-0.25, -0.2) is 0 Å². The smallest absolute Gasteiger partial charge is 0.310 e. The molecule has 1 aromatic heterocycles. The van der Waals surface area contributed by atoms with Gasteiger partial charge in [-0.2, -0.15) is 0 Å². The van der Waals surface area contributed by atoms with Crippen LogP contribution in [0.1, 0.15) is 40.0 Å². The summed E-state index contributed by atoms with van der Waals surface area (Å²) in [6, 6.07) is 13.2. The predicted octanol–water partition coefficient (Wildman–Crippen LogP) is 5.49. The lowest BCUT2D eigenvalue weighted by Crippen LogP contribution is -2.35. The molecule has 0 spiro atoms. The van der Waals surface area contributed by atoms with E-state index in [-0.39, 0.29) is 6.10 Å². The monoisotopic (exact) mass is 372 g/mol. The number of anilines is 1. The van der Waals surface area contributed by atoms with Gasteiger partial charge in [0.2, 0.25) is 0 Å². The second-order valence-electron chi connectivity index (χ2n) is 7.71. The molecule has 26 heavy (non-hydrogen) atoms. The highest BCUT2D eigenvalue weighted by Crippen LogP contribution is 2.50. The normalized spacial score (nSPS) is 25.6. The van der Waals surface area contributed by atoms with E-state index in [1.54, 1.807) is 12.4 Å². The van der Waals surface area contributed by atoms with Crippen molar-refractivity contribution < 1.29 is 9.09 Å². The van der Waals surface area contributed by atoms with Gasteiger partial charge in [0.15, 0.2) is 0 Å². The third-order valence-electron chi connectivity index (χ3n) is 5.28. The van der Waals surface area contributed by atoms with E-state index in [2.05, 4.69) is 30.8 Å². The summed E-state index contributed by atoms with van der Waals surface area (Å²) in [5, 5.41) is 3.86. The van der Waals surface area contributed by atoms with Crippen LogP contribution in [0.25, 0.3) is 0 Å². The zero-order valence-corrected chi connectivity index (χ0v) is 16.7. The maximum Gasteiger partial charge on any atom is 0.324 e. The first-order valence-electron chi connectivity index (χ1n) is 9.50. The van der Waals surface area contributed by atoms with E-state index < -0.39 is 7.52 Å². The van der Waals surface area contributed by atoms with Crippen molar-refractivity contribution in [2.75, 3.05) is 5.09 Å². The van der Waals surface area contributed by atoms with Gasteiger partial charge in [-0.1, -0.05) is 45.4 Å². The molecule has 4 nitrogen and oxygen atoms in total. The molecule has 0 bridgehead atoms. The summed E-state index contributed by atoms with van der Waals surface area (Å²) < 4.78 is 20.4. The van der Waals surface area contributed by atoms with E-state index in [0.717, 1.165) is 12.8 Å². The van der Waals surface area contributed by atoms with E-state index in [0.29, 0.717) is 28.7 Å². The van der Waals surface area contributed by atoms with Gasteiger partial charge in [-0.05, 0) is 54.9 Å². The molecule has 1 aliphatic carbocycles. The fourth-order valence-electron chi connectivity index (χ4n) is 3.80. The minimum absolute atomic E-state index is 0.00559. The second kappa shape index (κ2) is 8.37. The molecule has 3 rings (SSSR count). The molecule has 140 valence electrons. The fraction of sp³-hybridized carbons (Fsp3) is 0.476. The van der Waals surface area contributed by atoms with Crippen LogP contribution in [0.3, 0.4) is 0 Å². The Labute approximate surface area is 156 Å². The fourth-order valence-corrected chi connectivity index (χ4v) is 5.77. The molecular weight excluding hydrogens is 343 g/mol. The highest BCUT2D eigenvalue weighted by Gasteiger charge is 2.38. The Morgan fingerprint density at radius 1 is 1.15 bits per heavy atom. The number of rotatable bonds is 6. The standard InChI is InChI=1S/C21H29N2O2P/c1-16(2)20-12-11-17(3)14-21(20)25-26(24,19-9-5-4-6-10-19)23-18-8-7-13-22-15-18/h4-10,13,15-17,20-21H,11-12,14H2,1-3H3,(H,23,24)/t17-,20-,21-,26+/m1/s1. The first-order chi connectivity index (χ1) is 12.5. The number of nitrogens with one attached hydrogen (secondary N) is 1. The van der Waals surface area contributed by atoms with Crippen molar-refractivity contribution in [2.24, 2.45) is 17.8 Å². The molecule has 5 heteroatoms. The Morgan fingerprint density at radius 2 is 1.92 bits per heavy atom. The van der Waals surface area contributed by atoms with E-state index in [4.69, 9.17) is 4.52 Å². The zero-order valence-electron chi connectivity index (χ0n) is 15.8. The topological polar surface area (TPSA) is 51.2 Å². The highest BCUT2D eigenvalue weighted by molar-refractivity contribution is 7.68. The van der Waals surface area contributed by atoms with Crippen LogP contribution in [0, 0.1) is 17.8 Å². The molecule has 0 aliphatic heterocycles. The SMILES string of the molecule is CC(C)[C@H]1CC[C@@H](C)C[C@H]1O[P@](=O)(Nc1cccnc1)c1ccccc1. The largest absolute Gasteiger partial charge is 0.324 e. The molecule has 1 fully saturated rings. The van der Waals surface area contributed by atoms with Gasteiger partial charge in [0.1, 0.15) is 0 Å². The molecule has 1 aromatic carbocycles. The number of hydrogen-bond donors (Lipinski definition) is 1. The lowest BCUT2D eigenvalue weighted by atomic mass is 9.75. The van der Waals surface area contributed by atoms with Gasteiger partial charge in [-0.15, -0.1) is 0 Å². The van der Waals surface area contributed by atoms with Crippen LogP contribution < -0.4 is 10.4 Å². The summed E-state index contributed by atoms with van der Waals surface area (Å²) in [6.45, 7) is 6.73. The Bertz CT molecular complexity index is 736. The van der Waals surface area contributed by atoms with E-state index in [9.17, 15) is 4.57 Å². The average Bonchev–Trinajstić information content (AvgIpc) is 2.63. The molecule has 1 N–H and O–H groups in total. The van der Waals surface area contributed by atoms with Crippen LogP contribution in [0.2, 0.25) is 0 Å². The van der Waals surface area contributed by atoms with Crippen molar-refractivity contribution in [1.29, 1.82) is 0 Å². The van der Waals surface area contributed by atoms with E-state index in [1.807, 2.05) is 42.5 Å². The molecular formula is C21H29N2O2P. The number of nitrogens with zero attached hydrogens (tertiary/aromatic N) is 1. The molecule has 0 saturated heterocycles. The zero-order chi connectivity index (χ0) is 18.6. The summed E-state index contributed by atoms with van der Waals surface area (Å²) >= 11 is 0. The molecule has 4 atom stereocenters. The van der Waals surface area contributed by atoms with E-state index >= 15 is 0 Å². The van der Waals surface area contributed by atoms with Crippen molar-refractivity contribution in [3.8, 4) is 0 Å². The molecule has 1 saturated carbocycles. The van der Waals surface area contributed by atoms with Gasteiger partial charge in [0.05, 0.1) is 23.3 Å².